The second-order valence-corrected chi connectivity index (χ2v) is 12.9. The molecule has 2 N–H and O–H groups in total. The fraction of sp³-hybridized carbons (Fsp3) is 0.550. The number of halogens is 1. The van der Waals surface area contributed by atoms with Crippen LogP contribution in [-0.2, 0) is 32.1 Å². The van der Waals surface area contributed by atoms with Crippen molar-refractivity contribution >= 4 is 25.3 Å². The highest BCUT2D eigenvalue weighted by molar-refractivity contribution is 7.81. The van der Waals surface area contributed by atoms with Crippen LogP contribution in [0.5, 0.6) is 0 Å². The molecule has 0 heterocycles. The van der Waals surface area contributed by atoms with Crippen LogP contribution in [0.25, 0.3) is 0 Å². The molecule has 0 aromatic heterocycles. The summed E-state index contributed by atoms with van der Waals surface area (Å²) in [6.45, 7) is 6.19. The van der Waals surface area contributed by atoms with E-state index in [1.54, 1.807) is 11.6 Å². The molecule has 1 aliphatic rings. The Hall–Kier alpha value is -1.79. The van der Waals surface area contributed by atoms with E-state index in [1.165, 1.54) is 66.8 Å². The Balaban J connectivity index is 0.000000304. The average Bonchev–Trinajstić information content (AvgIpc) is 3.11. The number of aliphatic hydroxyl groups excluding tert-OH is 2. The third kappa shape index (κ3) is 14.2. The summed E-state index contributed by atoms with van der Waals surface area (Å²) in [5.41, 5.74) is 7.58. The van der Waals surface area contributed by atoms with Gasteiger partial charge in [0.05, 0.1) is 0 Å². The van der Waals surface area contributed by atoms with Crippen LogP contribution in [0.4, 0.5) is 4.39 Å². The van der Waals surface area contributed by atoms with Crippen molar-refractivity contribution in [1.29, 1.82) is 0 Å². The highest BCUT2D eigenvalue weighted by Gasteiger charge is 2.15. The lowest BCUT2D eigenvalue weighted by atomic mass is 9.84. The molecular formula is C40H59FO2S2. The zero-order chi connectivity index (χ0) is 32.9. The van der Waals surface area contributed by atoms with Crippen molar-refractivity contribution in [3.8, 4) is 0 Å². The van der Waals surface area contributed by atoms with E-state index >= 15 is 0 Å². The van der Waals surface area contributed by atoms with Crippen molar-refractivity contribution in [2.24, 2.45) is 11.8 Å². The van der Waals surface area contributed by atoms with Gasteiger partial charge >= 0.3 is 0 Å². The number of benzene rings is 3. The van der Waals surface area contributed by atoms with Gasteiger partial charge in [0.15, 0.2) is 0 Å². The Labute approximate surface area is 285 Å². The molecule has 0 radical (unpaired) electrons. The Morgan fingerprint density at radius 1 is 0.689 bits per heavy atom. The lowest BCUT2D eigenvalue weighted by molar-refractivity contribution is 0.144. The summed E-state index contributed by atoms with van der Waals surface area (Å²) in [7, 11) is 0. The van der Waals surface area contributed by atoms with Crippen molar-refractivity contribution in [2.75, 3.05) is 24.7 Å². The minimum Gasteiger partial charge on any atom is -0.396 e. The van der Waals surface area contributed by atoms with Crippen LogP contribution in [-0.4, -0.2) is 34.9 Å². The quantitative estimate of drug-likeness (QED) is 0.123. The zero-order valence-corrected chi connectivity index (χ0v) is 29.9. The summed E-state index contributed by atoms with van der Waals surface area (Å²) in [5, 5.41) is 18.3. The van der Waals surface area contributed by atoms with Gasteiger partial charge in [0.2, 0.25) is 0 Å². The van der Waals surface area contributed by atoms with Crippen molar-refractivity contribution in [3.63, 3.8) is 0 Å². The molecule has 0 unspecified atom stereocenters. The Kier molecular flexibility index (Phi) is 20.6. The fourth-order valence-electron chi connectivity index (χ4n) is 5.99. The SMILES string of the molecule is CC.CCc1cc(CCC(CO)CO)ccc1CCc1ccccc1F.SCC(CS)CCc1ccc(C2CCCCC2)cc1. The smallest absolute Gasteiger partial charge is 0.126 e. The minimum absolute atomic E-state index is 0.0257. The van der Waals surface area contributed by atoms with E-state index < -0.39 is 0 Å². The van der Waals surface area contributed by atoms with Crippen molar-refractivity contribution in [1.82, 2.24) is 0 Å². The maximum atomic E-state index is 13.7. The molecule has 0 aliphatic heterocycles. The van der Waals surface area contributed by atoms with E-state index in [2.05, 4.69) is 74.6 Å². The van der Waals surface area contributed by atoms with Crippen LogP contribution in [0.1, 0.15) is 105 Å². The van der Waals surface area contributed by atoms with Gasteiger partial charge in [0.1, 0.15) is 5.82 Å². The van der Waals surface area contributed by atoms with Crippen LogP contribution in [0, 0.1) is 17.7 Å². The number of hydrogen-bond acceptors (Lipinski definition) is 4. The molecule has 3 aromatic rings. The Morgan fingerprint density at radius 3 is 1.87 bits per heavy atom. The molecule has 3 aromatic carbocycles. The maximum absolute atomic E-state index is 13.7. The fourth-order valence-corrected chi connectivity index (χ4v) is 6.82. The van der Waals surface area contributed by atoms with Gasteiger partial charge in [-0.25, -0.2) is 4.39 Å². The second kappa shape index (κ2) is 23.5. The maximum Gasteiger partial charge on any atom is 0.126 e. The number of aliphatic hydroxyl groups is 2. The highest BCUT2D eigenvalue weighted by Crippen LogP contribution is 2.32. The highest BCUT2D eigenvalue weighted by atomic mass is 32.1. The topological polar surface area (TPSA) is 40.5 Å². The molecule has 1 saturated carbocycles. The lowest BCUT2D eigenvalue weighted by Crippen LogP contribution is -2.12. The van der Waals surface area contributed by atoms with E-state index in [0.29, 0.717) is 12.3 Å². The second-order valence-electron chi connectivity index (χ2n) is 12.2. The van der Waals surface area contributed by atoms with Crippen LogP contribution in [0.2, 0.25) is 0 Å². The summed E-state index contributed by atoms with van der Waals surface area (Å²) in [6.07, 6.45) is 13.5. The first-order valence-electron chi connectivity index (χ1n) is 17.4. The molecule has 45 heavy (non-hydrogen) atoms. The van der Waals surface area contributed by atoms with E-state index in [1.807, 2.05) is 26.0 Å². The van der Waals surface area contributed by atoms with Gasteiger partial charge in [-0.15, -0.1) is 0 Å². The van der Waals surface area contributed by atoms with E-state index in [-0.39, 0.29) is 24.9 Å². The van der Waals surface area contributed by atoms with Gasteiger partial charge in [-0.3, -0.25) is 0 Å². The summed E-state index contributed by atoms with van der Waals surface area (Å²) < 4.78 is 13.7. The summed E-state index contributed by atoms with van der Waals surface area (Å²) in [4.78, 5) is 0. The predicted octanol–water partition coefficient (Wildman–Crippen LogP) is 9.88. The van der Waals surface area contributed by atoms with Crippen LogP contribution in [0.3, 0.4) is 0 Å². The van der Waals surface area contributed by atoms with Gasteiger partial charge in [0.25, 0.3) is 0 Å². The molecule has 1 fully saturated rings. The van der Waals surface area contributed by atoms with Gasteiger partial charge in [0, 0.05) is 19.1 Å². The van der Waals surface area contributed by atoms with Crippen molar-refractivity contribution in [2.45, 2.75) is 104 Å². The third-order valence-electron chi connectivity index (χ3n) is 9.04. The lowest BCUT2D eigenvalue weighted by Gasteiger charge is -2.22. The summed E-state index contributed by atoms with van der Waals surface area (Å²) in [5.74, 6) is 3.19. The molecule has 2 nitrogen and oxygen atoms in total. The molecule has 0 spiro atoms. The van der Waals surface area contributed by atoms with E-state index in [0.717, 1.165) is 55.1 Å². The number of thiol groups is 2. The van der Waals surface area contributed by atoms with Gasteiger partial charge in [-0.1, -0.05) is 101 Å². The van der Waals surface area contributed by atoms with Gasteiger partial charge in [-0.2, -0.15) is 25.3 Å². The predicted molar refractivity (Wildman–Crippen MR) is 199 cm³/mol. The normalized spacial score (nSPS) is 13.3. The van der Waals surface area contributed by atoms with Crippen molar-refractivity contribution < 1.29 is 14.6 Å². The third-order valence-corrected chi connectivity index (χ3v) is 10.1. The first-order chi connectivity index (χ1) is 22.0. The van der Waals surface area contributed by atoms with Crippen molar-refractivity contribution in [3.05, 3.63) is 106 Å². The van der Waals surface area contributed by atoms with Crippen LogP contribution < -0.4 is 0 Å². The zero-order valence-electron chi connectivity index (χ0n) is 28.1. The molecule has 0 amide bonds. The summed E-state index contributed by atoms with van der Waals surface area (Å²) in [6, 6.07) is 22.8. The van der Waals surface area contributed by atoms with Crippen LogP contribution in [0.15, 0.2) is 66.7 Å². The Bertz CT molecular complexity index is 1170. The number of aryl methyl sites for hydroxylation is 5. The Morgan fingerprint density at radius 2 is 1.27 bits per heavy atom. The first kappa shape index (κ1) is 39.4. The monoisotopic (exact) mass is 654 g/mol. The standard InChI is InChI=1S/C21H27FO2.C17H26S2.C2H6/c1-2-18-13-16(7-8-17(14-23)15-24)9-10-19(18)11-12-20-5-3-4-6-21(20)22;18-12-15(13-19)7-6-14-8-10-17(11-9-14)16-4-2-1-3-5-16;1-2/h3-6,9-10,13,17,23-24H,2,7-8,11-12,14-15H2,1H3;8-11,15-16,18-19H,1-7,12-13H2;1-2H3. The van der Waals surface area contributed by atoms with E-state index in [4.69, 9.17) is 10.2 Å². The average molecular weight is 655 g/mol. The molecule has 0 atom stereocenters. The number of rotatable bonds is 15. The molecule has 0 saturated heterocycles. The van der Waals surface area contributed by atoms with Crippen LogP contribution >= 0.6 is 25.3 Å². The van der Waals surface area contributed by atoms with Gasteiger partial charge < -0.3 is 10.2 Å². The van der Waals surface area contributed by atoms with Gasteiger partial charge in [-0.05, 0) is 121 Å². The first-order valence-corrected chi connectivity index (χ1v) is 18.6. The largest absolute Gasteiger partial charge is 0.396 e. The van der Waals surface area contributed by atoms with E-state index in [9.17, 15) is 4.39 Å². The molecule has 0 bridgehead atoms. The minimum atomic E-state index is -0.133. The molecule has 250 valence electrons. The molecular weight excluding hydrogens is 596 g/mol. The molecule has 4 rings (SSSR count). The number of hydrogen-bond donors (Lipinski definition) is 4. The summed E-state index contributed by atoms with van der Waals surface area (Å²) >= 11 is 8.76. The molecule has 1 aliphatic carbocycles. The molecule has 5 heteroatoms.